The third kappa shape index (κ3) is 4.34. The number of nitrogens with one attached hydrogen (secondary N) is 2. The number of benzene rings is 1. The maximum absolute atomic E-state index is 7.26. The Hall–Kier alpha value is -2.11. The van der Waals surface area contributed by atoms with E-state index in [4.69, 9.17) is 16.9 Å². The van der Waals surface area contributed by atoms with Crippen molar-refractivity contribution in [3.63, 3.8) is 0 Å². The first kappa shape index (κ1) is 20.2. The molecule has 1 aromatic rings. The first-order chi connectivity index (χ1) is 12.3. The van der Waals surface area contributed by atoms with Gasteiger partial charge in [0.1, 0.15) is 0 Å². The van der Waals surface area contributed by atoms with Crippen molar-refractivity contribution < 1.29 is 0 Å². The van der Waals surface area contributed by atoms with Crippen LogP contribution in [0.1, 0.15) is 43.9 Å². The fraction of sp³-hybridized carbons (Fsp3) is 0.476. The van der Waals surface area contributed by atoms with Gasteiger partial charge in [-0.25, -0.2) is 0 Å². The number of rotatable bonds is 9. The summed E-state index contributed by atoms with van der Waals surface area (Å²) in [5.41, 5.74) is 15.3. The van der Waals surface area contributed by atoms with Crippen molar-refractivity contribution >= 4 is 5.96 Å². The molecule has 0 aromatic heterocycles. The van der Waals surface area contributed by atoms with Crippen molar-refractivity contribution in [2.75, 3.05) is 13.1 Å². The van der Waals surface area contributed by atoms with Gasteiger partial charge in [0, 0.05) is 30.7 Å². The van der Waals surface area contributed by atoms with Gasteiger partial charge in [-0.3, -0.25) is 10.3 Å². The fourth-order valence-electron chi connectivity index (χ4n) is 3.92. The van der Waals surface area contributed by atoms with Crippen LogP contribution >= 0.6 is 0 Å². The maximum atomic E-state index is 7.26. The van der Waals surface area contributed by atoms with E-state index in [9.17, 15) is 0 Å². The van der Waals surface area contributed by atoms with Gasteiger partial charge in [-0.05, 0) is 49.8 Å². The molecule has 142 valence electrons. The zero-order chi connectivity index (χ0) is 19.3. The smallest absolute Gasteiger partial charge is 0.185 e. The molecule has 2 atom stereocenters. The monoisotopic (exact) mass is 355 g/mol. The third-order valence-corrected chi connectivity index (χ3v) is 5.53. The highest BCUT2D eigenvalue weighted by atomic mass is 15.2. The van der Waals surface area contributed by atoms with Gasteiger partial charge in [0.05, 0.1) is 0 Å². The van der Waals surface area contributed by atoms with Crippen molar-refractivity contribution in [1.29, 1.82) is 5.41 Å². The second-order valence-electron chi connectivity index (χ2n) is 7.51. The second kappa shape index (κ2) is 8.52. The van der Waals surface area contributed by atoms with E-state index in [1.165, 1.54) is 11.1 Å². The standard InChI is InChI=1S/C21H33N5/c1-5-14-26(19-11-10-16-8-6-7-9-17(16)19)21(3,4)15(2)18(22)12-13-25-20(23)24/h5-9,18-19H,1-2,10-14,22H2,3-4H3,(H4,23,24,25). The zero-order valence-electron chi connectivity index (χ0n) is 16.1. The topological polar surface area (TPSA) is 91.2 Å². The van der Waals surface area contributed by atoms with Crippen LogP contribution in [0.5, 0.6) is 0 Å². The number of fused-ring (bicyclic) bond motifs is 1. The summed E-state index contributed by atoms with van der Waals surface area (Å²) in [6, 6.07) is 8.87. The highest BCUT2D eigenvalue weighted by Gasteiger charge is 2.38. The molecule has 0 bridgehead atoms. The molecule has 2 rings (SSSR count). The van der Waals surface area contributed by atoms with Crippen LogP contribution in [-0.2, 0) is 6.42 Å². The average molecular weight is 356 g/mol. The Balaban J connectivity index is 2.18. The van der Waals surface area contributed by atoms with Gasteiger partial charge in [-0.1, -0.05) is 36.9 Å². The summed E-state index contributed by atoms with van der Waals surface area (Å²) < 4.78 is 0. The van der Waals surface area contributed by atoms with Crippen LogP contribution in [0.4, 0.5) is 0 Å². The molecule has 1 aromatic carbocycles. The molecule has 0 aliphatic heterocycles. The van der Waals surface area contributed by atoms with Gasteiger partial charge in [0.2, 0.25) is 0 Å². The second-order valence-corrected chi connectivity index (χ2v) is 7.51. The number of nitrogens with two attached hydrogens (primary N) is 2. The Bertz CT molecular complexity index is 664. The Labute approximate surface area is 157 Å². The molecular formula is C21H33N5. The normalized spacial score (nSPS) is 17.6. The Morgan fingerprint density at radius 2 is 2.15 bits per heavy atom. The van der Waals surface area contributed by atoms with Gasteiger partial charge in [-0.2, -0.15) is 0 Å². The minimum atomic E-state index is -0.272. The SMILES string of the molecule is C=CCN(C1CCc2ccccc21)C(C)(C)C(=C)C(N)CCNC(=N)N. The number of hydrogen-bond donors (Lipinski definition) is 4. The van der Waals surface area contributed by atoms with E-state index in [0.29, 0.717) is 19.0 Å². The summed E-state index contributed by atoms with van der Waals surface area (Å²) in [6.45, 7) is 14.0. The molecule has 0 spiro atoms. The number of nitrogens with zero attached hydrogens (tertiary/aromatic N) is 1. The molecule has 5 nitrogen and oxygen atoms in total. The Morgan fingerprint density at radius 3 is 2.81 bits per heavy atom. The molecule has 0 heterocycles. The molecule has 0 saturated carbocycles. The highest BCUT2D eigenvalue weighted by Crippen LogP contribution is 2.41. The first-order valence-corrected chi connectivity index (χ1v) is 9.27. The van der Waals surface area contributed by atoms with E-state index >= 15 is 0 Å². The third-order valence-electron chi connectivity index (χ3n) is 5.53. The van der Waals surface area contributed by atoms with Crippen LogP contribution in [0.2, 0.25) is 0 Å². The van der Waals surface area contributed by atoms with Gasteiger partial charge in [-0.15, -0.1) is 6.58 Å². The zero-order valence-corrected chi connectivity index (χ0v) is 16.1. The van der Waals surface area contributed by atoms with Crippen LogP contribution in [0, 0.1) is 5.41 Å². The van der Waals surface area contributed by atoms with E-state index in [-0.39, 0.29) is 17.5 Å². The lowest BCUT2D eigenvalue weighted by atomic mass is 9.85. The van der Waals surface area contributed by atoms with Gasteiger partial charge >= 0.3 is 0 Å². The highest BCUT2D eigenvalue weighted by molar-refractivity contribution is 5.74. The van der Waals surface area contributed by atoms with Crippen LogP contribution in [0.3, 0.4) is 0 Å². The minimum Gasteiger partial charge on any atom is -0.370 e. The minimum absolute atomic E-state index is 0.0297. The Morgan fingerprint density at radius 1 is 1.46 bits per heavy atom. The number of aryl methyl sites for hydroxylation is 1. The van der Waals surface area contributed by atoms with Crippen LogP contribution in [0.25, 0.3) is 0 Å². The van der Waals surface area contributed by atoms with Crippen LogP contribution in [-0.4, -0.2) is 35.5 Å². The van der Waals surface area contributed by atoms with E-state index in [0.717, 1.165) is 25.0 Å². The first-order valence-electron chi connectivity index (χ1n) is 9.27. The lowest BCUT2D eigenvalue weighted by Gasteiger charge is -2.45. The van der Waals surface area contributed by atoms with E-state index in [1.54, 1.807) is 0 Å². The quantitative estimate of drug-likeness (QED) is 0.311. The molecule has 0 saturated heterocycles. The number of hydrogen-bond acceptors (Lipinski definition) is 3. The molecule has 2 unspecified atom stereocenters. The van der Waals surface area contributed by atoms with Crippen molar-refractivity contribution in [3.8, 4) is 0 Å². The molecule has 5 heteroatoms. The molecule has 0 amide bonds. The molecule has 0 radical (unpaired) electrons. The summed E-state index contributed by atoms with van der Waals surface area (Å²) >= 11 is 0. The maximum Gasteiger partial charge on any atom is 0.185 e. The van der Waals surface area contributed by atoms with Crippen LogP contribution < -0.4 is 16.8 Å². The molecule has 1 aliphatic rings. The summed E-state index contributed by atoms with van der Waals surface area (Å²) in [7, 11) is 0. The van der Waals surface area contributed by atoms with E-state index < -0.39 is 0 Å². The molecule has 1 aliphatic carbocycles. The lowest BCUT2D eigenvalue weighted by molar-refractivity contribution is 0.105. The van der Waals surface area contributed by atoms with Crippen molar-refractivity contribution in [2.24, 2.45) is 11.5 Å². The summed E-state index contributed by atoms with van der Waals surface area (Å²) in [5, 5.41) is 10.1. The summed E-state index contributed by atoms with van der Waals surface area (Å²) in [4.78, 5) is 2.46. The lowest BCUT2D eigenvalue weighted by Crippen LogP contribution is -2.51. The van der Waals surface area contributed by atoms with Crippen molar-refractivity contribution in [2.45, 2.75) is 50.7 Å². The summed E-state index contributed by atoms with van der Waals surface area (Å²) in [6.07, 6.45) is 4.85. The largest absolute Gasteiger partial charge is 0.370 e. The molecular weight excluding hydrogens is 322 g/mol. The predicted molar refractivity (Wildman–Crippen MR) is 110 cm³/mol. The van der Waals surface area contributed by atoms with E-state index in [2.05, 4.69) is 61.5 Å². The van der Waals surface area contributed by atoms with Gasteiger partial charge < -0.3 is 16.8 Å². The van der Waals surface area contributed by atoms with Crippen molar-refractivity contribution in [1.82, 2.24) is 10.2 Å². The van der Waals surface area contributed by atoms with Crippen molar-refractivity contribution in [3.05, 3.63) is 60.2 Å². The molecule has 26 heavy (non-hydrogen) atoms. The van der Waals surface area contributed by atoms with Crippen LogP contribution in [0.15, 0.2) is 49.1 Å². The summed E-state index contributed by atoms with van der Waals surface area (Å²) in [5.74, 6) is -0.0297. The molecule has 6 N–H and O–H groups in total. The van der Waals surface area contributed by atoms with E-state index in [1.807, 2.05) is 6.08 Å². The molecule has 0 fully saturated rings. The fourth-order valence-corrected chi connectivity index (χ4v) is 3.92. The Kier molecular flexibility index (Phi) is 6.62. The number of guanidine groups is 1. The average Bonchev–Trinajstić information content (AvgIpc) is 3.02. The van der Waals surface area contributed by atoms with Gasteiger partial charge in [0.15, 0.2) is 5.96 Å². The predicted octanol–water partition coefficient (Wildman–Crippen LogP) is 2.70. The van der Waals surface area contributed by atoms with Gasteiger partial charge in [0.25, 0.3) is 0 Å².